The lowest BCUT2D eigenvalue weighted by Crippen LogP contribution is -2.52. The van der Waals surface area contributed by atoms with Crippen molar-refractivity contribution in [3.63, 3.8) is 0 Å². The van der Waals surface area contributed by atoms with E-state index in [1.54, 1.807) is 67.6 Å². The highest BCUT2D eigenvalue weighted by Crippen LogP contribution is 2.32. The molecule has 1 N–H and O–H groups in total. The molecule has 0 radical (unpaired) electrons. The predicted molar refractivity (Wildman–Crippen MR) is 158 cm³/mol. The summed E-state index contributed by atoms with van der Waals surface area (Å²) in [5.74, 6) is -0.713. The van der Waals surface area contributed by atoms with Crippen LogP contribution in [0.2, 0.25) is 10.0 Å². The molecule has 0 bridgehead atoms. The molecule has 0 fully saturated rings. The number of hydrogen-bond donors (Lipinski definition) is 1. The standard InChI is InChI=1S/C29H33Cl2N3O5S/c1-5-20(2)32-29(36)21(3)33(18-22-15-16-23(30)17-25(22)31)28(35)19-34(26-13-9-10-14-27(26)39-4)40(37,38)24-11-7-6-8-12-24/h6-17,20-21H,5,18-19H2,1-4H3,(H,32,36). The number of nitrogens with one attached hydrogen (secondary N) is 1. The van der Waals surface area contributed by atoms with Crippen LogP contribution in [0, 0.1) is 0 Å². The van der Waals surface area contributed by atoms with Crippen molar-refractivity contribution in [1.82, 2.24) is 10.2 Å². The van der Waals surface area contributed by atoms with Gasteiger partial charge in [0.25, 0.3) is 10.0 Å². The number of carbonyl (C=O) groups excluding carboxylic acids is 2. The second-order valence-corrected chi connectivity index (χ2v) is 12.0. The normalized spacial score (nSPS) is 12.8. The molecule has 2 unspecified atom stereocenters. The van der Waals surface area contributed by atoms with Gasteiger partial charge in [0, 0.05) is 22.6 Å². The van der Waals surface area contributed by atoms with Gasteiger partial charge in [-0.1, -0.05) is 66.5 Å². The van der Waals surface area contributed by atoms with E-state index >= 15 is 0 Å². The van der Waals surface area contributed by atoms with Crippen LogP contribution in [0.3, 0.4) is 0 Å². The summed E-state index contributed by atoms with van der Waals surface area (Å²) in [7, 11) is -2.79. The Morgan fingerprint density at radius 3 is 2.25 bits per heavy atom. The van der Waals surface area contributed by atoms with E-state index in [4.69, 9.17) is 27.9 Å². The number of rotatable bonds is 12. The van der Waals surface area contributed by atoms with E-state index in [2.05, 4.69) is 5.32 Å². The smallest absolute Gasteiger partial charge is 0.264 e. The molecule has 0 aliphatic heterocycles. The first-order valence-electron chi connectivity index (χ1n) is 12.7. The molecule has 40 heavy (non-hydrogen) atoms. The minimum Gasteiger partial charge on any atom is -0.495 e. The zero-order chi connectivity index (χ0) is 29.4. The van der Waals surface area contributed by atoms with Crippen LogP contribution in [0.4, 0.5) is 5.69 Å². The van der Waals surface area contributed by atoms with Crippen molar-refractivity contribution in [3.05, 3.63) is 88.4 Å². The van der Waals surface area contributed by atoms with Gasteiger partial charge in [-0.05, 0) is 62.2 Å². The van der Waals surface area contributed by atoms with Crippen LogP contribution in [0.1, 0.15) is 32.8 Å². The third-order valence-corrected chi connectivity index (χ3v) is 8.85. The van der Waals surface area contributed by atoms with Crippen molar-refractivity contribution >= 4 is 50.7 Å². The van der Waals surface area contributed by atoms with Crippen LogP contribution >= 0.6 is 23.2 Å². The highest BCUT2D eigenvalue weighted by Gasteiger charge is 2.34. The molecule has 0 aromatic heterocycles. The number of hydrogen-bond acceptors (Lipinski definition) is 5. The lowest BCUT2D eigenvalue weighted by atomic mass is 10.1. The van der Waals surface area contributed by atoms with Crippen molar-refractivity contribution in [2.75, 3.05) is 18.0 Å². The van der Waals surface area contributed by atoms with E-state index in [1.807, 2.05) is 13.8 Å². The number of carbonyl (C=O) groups is 2. The van der Waals surface area contributed by atoms with Gasteiger partial charge in [0.1, 0.15) is 18.3 Å². The summed E-state index contributed by atoms with van der Waals surface area (Å²) in [6.45, 7) is 4.76. The highest BCUT2D eigenvalue weighted by molar-refractivity contribution is 7.92. The molecule has 0 aliphatic rings. The number of ether oxygens (including phenoxy) is 1. The fraction of sp³-hybridized carbons (Fsp3) is 0.310. The first kappa shape index (κ1) is 31.3. The molecule has 0 saturated carbocycles. The molecule has 0 saturated heterocycles. The fourth-order valence-electron chi connectivity index (χ4n) is 3.95. The molecule has 0 heterocycles. The van der Waals surface area contributed by atoms with Gasteiger partial charge in [-0.2, -0.15) is 0 Å². The maximum atomic E-state index is 14.0. The molecule has 3 rings (SSSR count). The molecule has 0 aliphatic carbocycles. The second-order valence-electron chi connectivity index (χ2n) is 9.25. The summed E-state index contributed by atoms with van der Waals surface area (Å²) < 4.78 is 34.2. The molecular formula is C29H33Cl2N3O5S. The van der Waals surface area contributed by atoms with Gasteiger partial charge in [-0.3, -0.25) is 13.9 Å². The minimum atomic E-state index is -4.21. The largest absolute Gasteiger partial charge is 0.495 e. The maximum absolute atomic E-state index is 14.0. The van der Waals surface area contributed by atoms with E-state index in [1.165, 1.54) is 24.1 Å². The van der Waals surface area contributed by atoms with Crippen LogP contribution in [-0.4, -0.2) is 50.9 Å². The van der Waals surface area contributed by atoms with Crippen LogP contribution in [-0.2, 0) is 26.2 Å². The molecule has 3 aromatic carbocycles. The Hall–Kier alpha value is -3.27. The third-order valence-electron chi connectivity index (χ3n) is 6.49. The van der Waals surface area contributed by atoms with E-state index in [9.17, 15) is 18.0 Å². The molecule has 3 aromatic rings. The van der Waals surface area contributed by atoms with Gasteiger partial charge in [0.05, 0.1) is 17.7 Å². The predicted octanol–water partition coefficient (Wildman–Crippen LogP) is 5.53. The van der Waals surface area contributed by atoms with Crippen LogP contribution in [0.5, 0.6) is 5.75 Å². The topological polar surface area (TPSA) is 96.0 Å². The van der Waals surface area contributed by atoms with Crippen molar-refractivity contribution in [2.45, 2.75) is 50.7 Å². The lowest BCUT2D eigenvalue weighted by molar-refractivity contribution is -0.139. The van der Waals surface area contributed by atoms with E-state index in [-0.39, 0.29) is 34.8 Å². The molecule has 11 heteroatoms. The molecule has 0 spiro atoms. The summed E-state index contributed by atoms with van der Waals surface area (Å²) >= 11 is 12.5. The van der Waals surface area contributed by atoms with E-state index in [0.717, 1.165) is 4.31 Å². The molecule has 2 amide bonds. The molecule has 214 valence electrons. The number of anilines is 1. The SMILES string of the molecule is CCC(C)NC(=O)C(C)N(Cc1ccc(Cl)cc1Cl)C(=O)CN(c1ccccc1OC)S(=O)(=O)c1ccccc1. The van der Waals surface area contributed by atoms with Crippen molar-refractivity contribution < 1.29 is 22.7 Å². The Balaban J connectivity index is 2.07. The van der Waals surface area contributed by atoms with Crippen molar-refractivity contribution in [2.24, 2.45) is 0 Å². The minimum absolute atomic E-state index is 0.00330. The number of halogens is 2. The fourth-order valence-corrected chi connectivity index (χ4v) is 5.86. The van der Waals surface area contributed by atoms with Crippen LogP contribution in [0.15, 0.2) is 77.7 Å². The number of amides is 2. The lowest BCUT2D eigenvalue weighted by Gasteiger charge is -2.33. The van der Waals surface area contributed by atoms with Gasteiger partial charge in [0.2, 0.25) is 11.8 Å². The maximum Gasteiger partial charge on any atom is 0.264 e. The number of methoxy groups -OCH3 is 1. The highest BCUT2D eigenvalue weighted by atomic mass is 35.5. The first-order chi connectivity index (χ1) is 19.0. The number of nitrogens with zero attached hydrogens (tertiary/aromatic N) is 2. The van der Waals surface area contributed by atoms with E-state index < -0.39 is 28.5 Å². The summed E-state index contributed by atoms with van der Waals surface area (Å²) in [6.07, 6.45) is 0.701. The van der Waals surface area contributed by atoms with Crippen LogP contribution in [0.25, 0.3) is 0 Å². The average molecular weight is 607 g/mol. The van der Waals surface area contributed by atoms with E-state index in [0.29, 0.717) is 22.0 Å². The zero-order valence-corrected chi connectivity index (χ0v) is 25.1. The quantitative estimate of drug-likeness (QED) is 0.293. The Bertz CT molecular complexity index is 1440. The van der Waals surface area contributed by atoms with Gasteiger partial charge < -0.3 is 15.0 Å². The van der Waals surface area contributed by atoms with Crippen molar-refractivity contribution in [3.8, 4) is 5.75 Å². The molecule has 8 nitrogen and oxygen atoms in total. The average Bonchev–Trinajstić information content (AvgIpc) is 2.95. The summed E-state index contributed by atoms with van der Waals surface area (Å²) in [5, 5.41) is 3.63. The van der Waals surface area contributed by atoms with Gasteiger partial charge in [-0.25, -0.2) is 8.42 Å². The summed E-state index contributed by atoms with van der Waals surface area (Å²) in [4.78, 5) is 28.5. The number of benzene rings is 3. The van der Waals surface area contributed by atoms with Gasteiger partial charge in [-0.15, -0.1) is 0 Å². The summed E-state index contributed by atoms with van der Waals surface area (Å²) in [6, 6.07) is 18.1. The van der Waals surface area contributed by atoms with Gasteiger partial charge in [0.15, 0.2) is 0 Å². The third kappa shape index (κ3) is 7.47. The van der Waals surface area contributed by atoms with Gasteiger partial charge >= 0.3 is 0 Å². The Kier molecular flexibility index (Phi) is 10.8. The number of sulfonamides is 1. The molecular weight excluding hydrogens is 573 g/mol. The second kappa shape index (κ2) is 13.9. The monoisotopic (exact) mass is 605 g/mol. The van der Waals surface area contributed by atoms with Crippen LogP contribution < -0.4 is 14.4 Å². The number of para-hydroxylation sites is 2. The Morgan fingerprint density at radius 2 is 1.62 bits per heavy atom. The van der Waals surface area contributed by atoms with Crippen molar-refractivity contribution in [1.29, 1.82) is 0 Å². The Morgan fingerprint density at radius 1 is 0.975 bits per heavy atom. The Labute approximate surface area is 245 Å². The molecule has 2 atom stereocenters. The zero-order valence-electron chi connectivity index (χ0n) is 22.8. The summed E-state index contributed by atoms with van der Waals surface area (Å²) in [5.41, 5.74) is 0.737. The first-order valence-corrected chi connectivity index (χ1v) is 14.9.